The van der Waals surface area contributed by atoms with Crippen molar-refractivity contribution in [3.05, 3.63) is 70.4 Å². The minimum absolute atomic E-state index is 0.0756. The van der Waals surface area contributed by atoms with Crippen molar-refractivity contribution in [1.82, 2.24) is 25.0 Å². The summed E-state index contributed by atoms with van der Waals surface area (Å²) in [6, 6.07) is 11.3. The van der Waals surface area contributed by atoms with E-state index in [1.807, 2.05) is 30.3 Å². The van der Waals surface area contributed by atoms with Gasteiger partial charge in [-0.2, -0.15) is 5.10 Å². The van der Waals surface area contributed by atoms with Crippen LogP contribution in [0.5, 0.6) is 0 Å². The van der Waals surface area contributed by atoms with Gasteiger partial charge in [0.15, 0.2) is 0 Å². The SMILES string of the molecule is C[C@@H]1CCCN(CCCNC(=O)Cn2nc(Cc3ccncc3)c3ccccc3c2=O)C1. The molecule has 0 unspecified atom stereocenters. The van der Waals surface area contributed by atoms with E-state index in [2.05, 4.69) is 27.2 Å². The second kappa shape index (κ2) is 10.5. The number of benzene rings is 1. The van der Waals surface area contributed by atoms with Crippen LogP contribution in [0.1, 0.15) is 37.4 Å². The lowest BCUT2D eigenvalue weighted by atomic mass is 10.0. The first-order valence-corrected chi connectivity index (χ1v) is 11.5. The van der Waals surface area contributed by atoms with E-state index in [-0.39, 0.29) is 18.0 Å². The maximum atomic E-state index is 12.9. The van der Waals surface area contributed by atoms with E-state index in [9.17, 15) is 9.59 Å². The highest BCUT2D eigenvalue weighted by Gasteiger charge is 2.16. The topological polar surface area (TPSA) is 80.1 Å². The van der Waals surface area contributed by atoms with Crippen molar-refractivity contribution in [2.24, 2.45) is 5.92 Å². The van der Waals surface area contributed by atoms with Crippen molar-refractivity contribution in [1.29, 1.82) is 0 Å². The van der Waals surface area contributed by atoms with Crippen LogP contribution in [0.2, 0.25) is 0 Å². The molecule has 168 valence electrons. The molecule has 3 aromatic rings. The number of pyridine rings is 1. The first-order chi connectivity index (χ1) is 15.6. The summed E-state index contributed by atoms with van der Waals surface area (Å²) < 4.78 is 1.29. The molecule has 7 heteroatoms. The predicted octanol–water partition coefficient (Wildman–Crippen LogP) is 2.62. The number of carbonyl (C=O) groups is 1. The summed E-state index contributed by atoms with van der Waals surface area (Å²) in [6.45, 7) is 6.11. The van der Waals surface area contributed by atoms with Crippen molar-refractivity contribution in [2.75, 3.05) is 26.2 Å². The zero-order valence-corrected chi connectivity index (χ0v) is 18.7. The molecular weight excluding hydrogens is 402 g/mol. The zero-order chi connectivity index (χ0) is 22.3. The van der Waals surface area contributed by atoms with Crippen LogP contribution in [-0.4, -0.2) is 51.8 Å². The summed E-state index contributed by atoms with van der Waals surface area (Å²) in [4.78, 5) is 32.0. The molecular formula is C25H31N5O2. The molecule has 0 spiro atoms. The van der Waals surface area contributed by atoms with E-state index >= 15 is 0 Å². The third-order valence-corrected chi connectivity index (χ3v) is 6.07. The lowest BCUT2D eigenvalue weighted by Gasteiger charge is -2.30. The minimum atomic E-state index is -0.239. The molecule has 1 aliphatic heterocycles. The number of hydrogen-bond acceptors (Lipinski definition) is 5. The van der Waals surface area contributed by atoms with Gasteiger partial charge < -0.3 is 10.2 Å². The summed E-state index contributed by atoms with van der Waals surface area (Å²) in [5.74, 6) is 0.572. The van der Waals surface area contributed by atoms with E-state index in [1.165, 1.54) is 17.5 Å². The Hall–Kier alpha value is -3.06. The summed E-state index contributed by atoms with van der Waals surface area (Å²) in [6.07, 6.45) is 7.53. The predicted molar refractivity (Wildman–Crippen MR) is 126 cm³/mol. The largest absolute Gasteiger partial charge is 0.354 e. The number of hydrogen-bond donors (Lipinski definition) is 1. The first kappa shape index (κ1) is 22.1. The fourth-order valence-corrected chi connectivity index (χ4v) is 4.45. The van der Waals surface area contributed by atoms with Gasteiger partial charge in [0.05, 0.1) is 11.1 Å². The molecule has 3 heterocycles. The average molecular weight is 434 g/mol. The van der Waals surface area contributed by atoms with Crippen molar-refractivity contribution < 1.29 is 4.79 Å². The van der Waals surface area contributed by atoms with Crippen LogP contribution < -0.4 is 10.9 Å². The molecule has 0 bridgehead atoms. The van der Waals surface area contributed by atoms with Crippen LogP contribution in [0.4, 0.5) is 0 Å². The Bertz CT molecular complexity index is 1110. The fourth-order valence-electron chi connectivity index (χ4n) is 4.45. The van der Waals surface area contributed by atoms with Crippen LogP contribution in [0.25, 0.3) is 10.8 Å². The van der Waals surface area contributed by atoms with E-state index in [4.69, 9.17) is 0 Å². The molecule has 1 aromatic carbocycles. The van der Waals surface area contributed by atoms with Gasteiger partial charge in [-0.15, -0.1) is 0 Å². The molecule has 1 N–H and O–H groups in total. The Kier molecular flexibility index (Phi) is 7.27. The van der Waals surface area contributed by atoms with Gasteiger partial charge in [0.1, 0.15) is 6.54 Å². The van der Waals surface area contributed by atoms with Gasteiger partial charge in [-0.25, -0.2) is 4.68 Å². The molecule has 1 fully saturated rings. The Labute approximate surface area is 188 Å². The van der Waals surface area contributed by atoms with Crippen LogP contribution >= 0.6 is 0 Å². The van der Waals surface area contributed by atoms with Crippen molar-refractivity contribution in [2.45, 2.75) is 39.2 Å². The number of aromatic nitrogens is 3. The number of fused-ring (bicyclic) bond motifs is 1. The van der Waals surface area contributed by atoms with E-state index in [0.717, 1.165) is 48.6 Å². The number of likely N-dealkylation sites (tertiary alicyclic amines) is 1. The zero-order valence-electron chi connectivity index (χ0n) is 18.7. The number of nitrogens with one attached hydrogen (secondary N) is 1. The average Bonchev–Trinajstić information content (AvgIpc) is 2.81. The lowest BCUT2D eigenvalue weighted by Crippen LogP contribution is -2.38. The molecule has 2 aromatic heterocycles. The quantitative estimate of drug-likeness (QED) is 0.553. The number of rotatable bonds is 8. The third-order valence-electron chi connectivity index (χ3n) is 6.07. The molecule has 0 radical (unpaired) electrons. The van der Waals surface area contributed by atoms with Crippen molar-refractivity contribution in [3.8, 4) is 0 Å². The summed E-state index contributed by atoms with van der Waals surface area (Å²) in [7, 11) is 0. The molecule has 4 rings (SSSR count). The lowest BCUT2D eigenvalue weighted by molar-refractivity contribution is -0.121. The molecule has 1 aliphatic rings. The smallest absolute Gasteiger partial charge is 0.275 e. The maximum Gasteiger partial charge on any atom is 0.275 e. The molecule has 7 nitrogen and oxygen atoms in total. The Morgan fingerprint density at radius 1 is 1.16 bits per heavy atom. The van der Waals surface area contributed by atoms with Crippen molar-refractivity contribution >= 4 is 16.7 Å². The van der Waals surface area contributed by atoms with Gasteiger partial charge in [-0.05, 0) is 62.0 Å². The summed E-state index contributed by atoms with van der Waals surface area (Å²) in [5, 5.41) is 8.92. The van der Waals surface area contributed by atoms with Gasteiger partial charge in [-0.1, -0.05) is 25.1 Å². The highest BCUT2D eigenvalue weighted by Crippen LogP contribution is 2.17. The Morgan fingerprint density at radius 3 is 2.72 bits per heavy atom. The second-order valence-electron chi connectivity index (χ2n) is 8.74. The monoisotopic (exact) mass is 433 g/mol. The number of piperidine rings is 1. The van der Waals surface area contributed by atoms with Crippen LogP contribution in [0, 0.1) is 5.92 Å². The molecule has 1 atom stereocenters. The van der Waals surface area contributed by atoms with Crippen molar-refractivity contribution in [3.63, 3.8) is 0 Å². The molecule has 0 aliphatic carbocycles. The van der Waals surface area contributed by atoms with E-state index in [1.54, 1.807) is 18.5 Å². The third kappa shape index (κ3) is 5.59. The normalized spacial score (nSPS) is 16.8. The van der Waals surface area contributed by atoms with Gasteiger partial charge in [0.25, 0.3) is 5.56 Å². The molecule has 32 heavy (non-hydrogen) atoms. The van der Waals surface area contributed by atoms with Crippen LogP contribution in [0.3, 0.4) is 0 Å². The number of carbonyl (C=O) groups excluding carboxylic acids is 1. The summed E-state index contributed by atoms with van der Waals surface area (Å²) >= 11 is 0. The van der Waals surface area contributed by atoms with Gasteiger partial charge >= 0.3 is 0 Å². The van der Waals surface area contributed by atoms with Gasteiger partial charge in [0.2, 0.25) is 5.91 Å². The Balaban J connectivity index is 1.41. The molecule has 1 saturated heterocycles. The second-order valence-corrected chi connectivity index (χ2v) is 8.74. The van der Waals surface area contributed by atoms with E-state index in [0.29, 0.717) is 18.4 Å². The first-order valence-electron chi connectivity index (χ1n) is 11.5. The highest BCUT2D eigenvalue weighted by atomic mass is 16.2. The number of nitrogens with zero attached hydrogens (tertiary/aromatic N) is 4. The summed E-state index contributed by atoms with van der Waals surface area (Å²) in [5.41, 5.74) is 1.59. The van der Waals surface area contributed by atoms with Crippen LogP contribution in [-0.2, 0) is 17.8 Å². The molecule has 1 amide bonds. The number of amides is 1. The van der Waals surface area contributed by atoms with Gasteiger partial charge in [0, 0.05) is 37.3 Å². The highest BCUT2D eigenvalue weighted by molar-refractivity contribution is 5.84. The van der Waals surface area contributed by atoms with Gasteiger partial charge in [-0.3, -0.25) is 14.6 Å². The maximum absolute atomic E-state index is 12.9. The standard InChI is InChI=1S/C25H31N5O2/c1-19-6-4-14-29(17-19)15-5-11-27-24(31)18-30-25(32)22-8-3-2-7-21(22)23(28-30)16-20-9-12-26-13-10-20/h2-3,7-10,12-13,19H,4-6,11,14-18H2,1H3,(H,27,31)/t19-/m1/s1. The fraction of sp³-hybridized carbons (Fsp3) is 0.440. The van der Waals surface area contributed by atoms with Crippen LogP contribution in [0.15, 0.2) is 53.6 Å². The van der Waals surface area contributed by atoms with E-state index < -0.39 is 0 Å². The minimum Gasteiger partial charge on any atom is -0.354 e. The Morgan fingerprint density at radius 2 is 1.94 bits per heavy atom. The molecule has 0 saturated carbocycles.